The maximum atomic E-state index is 12.4. The first-order valence-electron chi connectivity index (χ1n) is 6.69. The molecule has 0 saturated carbocycles. The second-order valence-electron chi connectivity index (χ2n) is 4.63. The number of aromatic nitrogens is 2. The van der Waals surface area contributed by atoms with Crippen molar-refractivity contribution in [1.29, 1.82) is 0 Å². The predicted molar refractivity (Wildman–Crippen MR) is 89.0 cm³/mol. The Morgan fingerprint density at radius 2 is 2.23 bits per heavy atom. The van der Waals surface area contributed by atoms with Gasteiger partial charge in [-0.05, 0) is 26.8 Å². The van der Waals surface area contributed by atoms with Crippen LogP contribution in [-0.2, 0) is 11.3 Å². The Morgan fingerprint density at radius 1 is 1.50 bits per heavy atom. The standard InChI is InChI=1S/C14H17N5O2S/c1-5-16-14(15-4)17-11(20)7-19-13(21)12-10(9(3)18-19)6-8(2)22-12/h5-6H,7H2,1-4H3,(H,15,17,20)/b16-5-. The molecule has 0 aliphatic carbocycles. The molecule has 22 heavy (non-hydrogen) atoms. The summed E-state index contributed by atoms with van der Waals surface area (Å²) in [4.78, 5) is 33.2. The quantitative estimate of drug-likeness (QED) is 0.668. The molecular weight excluding hydrogens is 302 g/mol. The van der Waals surface area contributed by atoms with Gasteiger partial charge in [-0.2, -0.15) is 5.10 Å². The summed E-state index contributed by atoms with van der Waals surface area (Å²) in [7, 11) is 1.53. The number of thiophene rings is 1. The zero-order valence-electron chi connectivity index (χ0n) is 12.9. The summed E-state index contributed by atoms with van der Waals surface area (Å²) in [6.45, 7) is 5.31. The van der Waals surface area contributed by atoms with E-state index < -0.39 is 5.91 Å². The van der Waals surface area contributed by atoms with Crippen molar-refractivity contribution < 1.29 is 4.79 Å². The lowest BCUT2D eigenvalue weighted by atomic mass is 10.2. The summed E-state index contributed by atoms with van der Waals surface area (Å²) in [5.74, 6) is -0.196. The maximum Gasteiger partial charge on any atom is 0.285 e. The number of nitrogens with one attached hydrogen (secondary N) is 1. The Morgan fingerprint density at radius 3 is 2.86 bits per heavy atom. The summed E-state index contributed by atoms with van der Waals surface area (Å²) in [6.07, 6.45) is 1.53. The molecule has 0 aliphatic heterocycles. The van der Waals surface area contributed by atoms with Gasteiger partial charge in [-0.15, -0.1) is 11.3 Å². The highest BCUT2D eigenvalue weighted by atomic mass is 32.1. The third-order valence-electron chi connectivity index (χ3n) is 2.95. The largest absolute Gasteiger partial charge is 0.293 e. The van der Waals surface area contributed by atoms with Crippen LogP contribution in [0, 0.1) is 13.8 Å². The van der Waals surface area contributed by atoms with Gasteiger partial charge < -0.3 is 0 Å². The van der Waals surface area contributed by atoms with E-state index >= 15 is 0 Å². The highest BCUT2D eigenvalue weighted by molar-refractivity contribution is 7.18. The Bertz CT molecular complexity index is 832. The molecule has 8 heteroatoms. The third kappa shape index (κ3) is 3.28. The van der Waals surface area contributed by atoms with Crippen molar-refractivity contribution in [2.45, 2.75) is 27.3 Å². The minimum absolute atomic E-state index is 0.176. The van der Waals surface area contributed by atoms with Gasteiger partial charge in [0, 0.05) is 23.5 Å². The van der Waals surface area contributed by atoms with Crippen molar-refractivity contribution in [3.05, 3.63) is 27.0 Å². The van der Waals surface area contributed by atoms with Crippen LogP contribution in [0.5, 0.6) is 0 Å². The molecule has 0 spiro atoms. The first kappa shape index (κ1) is 16.0. The molecule has 2 heterocycles. The number of amides is 1. The molecule has 2 aromatic rings. The Hall–Kier alpha value is -2.35. The lowest BCUT2D eigenvalue weighted by Crippen LogP contribution is -2.36. The molecule has 0 fully saturated rings. The van der Waals surface area contributed by atoms with Gasteiger partial charge in [0.05, 0.1) is 5.69 Å². The van der Waals surface area contributed by atoms with Gasteiger partial charge in [-0.25, -0.2) is 9.67 Å². The van der Waals surface area contributed by atoms with Crippen LogP contribution in [-0.4, -0.2) is 34.9 Å². The number of aliphatic imine (C=N–C) groups is 2. The van der Waals surface area contributed by atoms with Gasteiger partial charge in [-0.1, -0.05) is 0 Å². The Labute approximate surface area is 131 Å². The lowest BCUT2D eigenvalue weighted by Gasteiger charge is -2.07. The summed E-state index contributed by atoms with van der Waals surface area (Å²) < 4.78 is 1.79. The number of aryl methyl sites for hydroxylation is 2. The zero-order chi connectivity index (χ0) is 16.3. The van der Waals surface area contributed by atoms with E-state index in [1.165, 1.54) is 29.3 Å². The van der Waals surface area contributed by atoms with Crippen LogP contribution in [0.25, 0.3) is 10.1 Å². The van der Waals surface area contributed by atoms with Crippen molar-refractivity contribution in [1.82, 2.24) is 15.1 Å². The van der Waals surface area contributed by atoms with Crippen molar-refractivity contribution >= 4 is 39.5 Å². The van der Waals surface area contributed by atoms with Gasteiger partial charge in [0.15, 0.2) is 0 Å². The molecule has 0 atom stereocenters. The minimum Gasteiger partial charge on any atom is -0.293 e. The molecule has 0 saturated heterocycles. The second-order valence-corrected chi connectivity index (χ2v) is 5.89. The van der Waals surface area contributed by atoms with E-state index in [0.29, 0.717) is 4.70 Å². The molecule has 2 aromatic heterocycles. The van der Waals surface area contributed by atoms with Crippen LogP contribution in [0.4, 0.5) is 0 Å². The van der Waals surface area contributed by atoms with E-state index in [9.17, 15) is 9.59 Å². The van der Waals surface area contributed by atoms with Crippen LogP contribution in [0.3, 0.4) is 0 Å². The number of carbonyl (C=O) groups excluding carboxylic acids is 1. The molecule has 0 bridgehead atoms. The fraction of sp³-hybridized carbons (Fsp3) is 0.357. The number of hydrogen-bond acceptors (Lipinski definition) is 5. The molecule has 2 rings (SSSR count). The van der Waals surface area contributed by atoms with Crippen molar-refractivity contribution in [3.8, 4) is 0 Å². The number of guanidine groups is 1. The zero-order valence-corrected chi connectivity index (χ0v) is 13.7. The molecule has 116 valence electrons. The van der Waals surface area contributed by atoms with Gasteiger partial charge in [0.1, 0.15) is 11.2 Å². The first-order valence-corrected chi connectivity index (χ1v) is 7.51. The van der Waals surface area contributed by atoms with Crippen molar-refractivity contribution in [3.63, 3.8) is 0 Å². The third-order valence-corrected chi connectivity index (χ3v) is 3.99. The molecule has 0 aromatic carbocycles. The van der Waals surface area contributed by atoms with Gasteiger partial charge in [-0.3, -0.25) is 19.9 Å². The average Bonchev–Trinajstić information content (AvgIpc) is 2.86. The smallest absolute Gasteiger partial charge is 0.285 e. The van der Waals surface area contributed by atoms with Crippen LogP contribution in [0.15, 0.2) is 20.8 Å². The van der Waals surface area contributed by atoms with E-state index in [1.807, 2.05) is 19.9 Å². The van der Waals surface area contributed by atoms with Crippen LogP contribution in [0.1, 0.15) is 17.5 Å². The van der Waals surface area contributed by atoms with Gasteiger partial charge >= 0.3 is 0 Å². The van der Waals surface area contributed by atoms with Crippen molar-refractivity contribution in [2.75, 3.05) is 7.05 Å². The van der Waals surface area contributed by atoms with Crippen LogP contribution in [0.2, 0.25) is 0 Å². The highest BCUT2D eigenvalue weighted by Gasteiger charge is 2.13. The predicted octanol–water partition coefficient (Wildman–Crippen LogP) is 1.27. The topological polar surface area (TPSA) is 88.7 Å². The summed E-state index contributed by atoms with van der Waals surface area (Å²) >= 11 is 1.41. The number of carbonyl (C=O) groups is 1. The SMILES string of the molecule is C/C=N\C(=NC)NC(=O)Cn1nc(C)c2cc(C)sc2c1=O. The Balaban J connectivity index is 2.30. The molecule has 0 radical (unpaired) electrons. The van der Waals surface area contributed by atoms with Gasteiger partial charge in [0.25, 0.3) is 5.56 Å². The van der Waals surface area contributed by atoms with Crippen molar-refractivity contribution in [2.24, 2.45) is 9.98 Å². The lowest BCUT2D eigenvalue weighted by molar-refractivity contribution is -0.120. The number of rotatable bonds is 2. The van der Waals surface area contributed by atoms with E-state index in [0.717, 1.165) is 16.0 Å². The summed E-state index contributed by atoms with van der Waals surface area (Å²) in [6, 6.07) is 1.94. The summed E-state index contributed by atoms with van der Waals surface area (Å²) in [5, 5.41) is 7.58. The van der Waals surface area contributed by atoms with Crippen LogP contribution < -0.4 is 10.9 Å². The fourth-order valence-electron chi connectivity index (χ4n) is 2.02. The number of hydrogen-bond donors (Lipinski definition) is 1. The van der Waals surface area contributed by atoms with Gasteiger partial charge in [0.2, 0.25) is 11.9 Å². The molecular formula is C14H17N5O2S. The molecule has 0 aliphatic rings. The minimum atomic E-state index is -0.396. The maximum absolute atomic E-state index is 12.4. The highest BCUT2D eigenvalue weighted by Crippen LogP contribution is 2.23. The molecule has 1 amide bonds. The second kappa shape index (κ2) is 6.61. The van der Waals surface area contributed by atoms with Crippen LogP contribution >= 0.6 is 11.3 Å². The summed E-state index contributed by atoms with van der Waals surface area (Å²) in [5.41, 5.74) is 0.463. The fourth-order valence-corrected chi connectivity index (χ4v) is 3.02. The first-order chi connectivity index (χ1) is 10.5. The van der Waals surface area contributed by atoms with E-state index in [-0.39, 0.29) is 18.1 Å². The van der Waals surface area contributed by atoms with E-state index in [4.69, 9.17) is 0 Å². The number of fused-ring (bicyclic) bond motifs is 1. The Kier molecular flexibility index (Phi) is 4.81. The molecule has 0 unspecified atom stereocenters. The number of nitrogens with zero attached hydrogens (tertiary/aromatic N) is 4. The average molecular weight is 319 g/mol. The molecule has 7 nitrogen and oxygen atoms in total. The molecule has 1 N–H and O–H groups in total. The van der Waals surface area contributed by atoms with E-state index in [1.54, 1.807) is 6.92 Å². The van der Waals surface area contributed by atoms with E-state index in [2.05, 4.69) is 20.4 Å². The normalized spacial score (nSPS) is 12.3. The monoisotopic (exact) mass is 319 g/mol.